The van der Waals surface area contributed by atoms with Crippen molar-refractivity contribution in [1.82, 2.24) is 0 Å². The molecule has 1 fully saturated rings. The Morgan fingerprint density at radius 1 is 1.23 bits per heavy atom. The molecule has 0 saturated heterocycles. The molecule has 1 saturated carbocycles. The van der Waals surface area contributed by atoms with Gasteiger partial charge >= 0.3 is 12.2 Å². The Balaban J connectivity index is 2.04. The normalized spacial score (nSPS) is 25.9. The Bertz CT molecular complexity index is 910. The summed E-state index contributed by atoms with van der Waals surface area (Å²) in [5.74, 6) is 0.0747. The SMILES string of the molecule is COCC(=O)N(C(=O)[N+]1(C)C=CC(C(F)(F)F)=C1)c1ccccc1C1CCCC(C)C1. The lowest BCUT2D eigenvalue weighted by atomic mass is 9.78. The van der Waals surface area contributed by atoms with Crippen LogP contribution in [-0.4, -0.2) is 43.4 Å². The number of methoxy groups -OCH3 is 1. The summed E-state index contributed by atoms with van der Waals surface area (Å²) >= 11 is 0. The van der Waals surface area contributed by atoms with Crippen LogP contribution in [0.3, 0.4) is 0 Å². The van der Waals surface area contributed by atoms with Crippen molar-refractivity contribution in [3.63, 3.8) is 0 Å². The van der Waals surface area contributed by atoms with Gasteiger partial charge in [-0.2, -0.15) is 22.6 Å². The number of anilines is 1. The number of hydrogen-bond acceptors (Lipinski definition) is 3. The van der Waals surface area contributed by atoms with Crippen LogP contribution in [0.4, 0.5) is 23.7 Å². The molecule has 3 unspecified atom stereocenters. The number of amides is 3. The molecule has 168 valence electrons. The van der Waals surface area contributed by atoms with Crippen LogP contribution in [0.25, 0.3) is 0 Å². The zero-order valence-electron chi connectivity index (χ0n) is 18.0. The lowest BCUT2D eigenvalue weighted by Gasteiger charge is -2.32. The van der Waals surface area contributed by atoms with Crippen molar-refractivity contribution in [2.45, 2.75) is 44.7 Å². The molecular weight excluding hydrogens is 409 g/mol. The molecule has 8 heteroatoms. The van der Waals surface area contributed by atoms with E-state index in [1.54, 1.807) is 12.1 Å². The zero-order chi connectivity index (χ0) is 22.8. The van der Waals surface area contributed by atoms with Crippen molar-refractivity contribution in [1.29, 1.82) is 0 Å². The molecule has 0 radical (unpaired) electrons. The van der Waals surface area contributed by atoms with E-state index in [0.29, 0.717) is 11.6 Å². The Morgan fingerprint density at radius 3 is 2.55 bits per heavy atom. The van der Waals surface area contributed by atoms with Crippen LogP contribution in [0, 0.1) is 5.92 Å². The van der Waals surface area contributed by atoms with Gasteiger partial charge < -0.3 is 4.74 Å². The number of imide groups is 1. The number of rotatable bonds is 4. The molecule has 0 bridgehead atoms. The average molecular weight is 437 g/mol. The molecule has 2 aliphatic rings. The smallest absolute Gasteiger partial charge is 0.375 e. The van der Waals surface area contributed by atoms with Gasteiger partial charge in [0.2, 0.25) is 0 Å². The quantitative estimate of drug-likeness (QED) is 0.585. The summed E-state index contributed by atoms with van der Waals surface area (Å²) in [7, 11) is 2.67. The second-order valence-corrected chi connectivity index (χ2v) is 8.52. The number of ether oxygens (including phenoxy) is 1. The number of alkyl halides is 3. The number of nitrogens with zero attached hydrogens (tertiary/aromatic N) is 2. The molecule has 1 aromatic rings. The van der Waals surface area contributed by atoms with Crippen LogP contribution in [0.5, 0.6) is 0 Å². The van der Waals surface area contributed by atoms with E-state index in [-0.39, 0.29) is 12.5 Å². The first-order chi connectivity index (χ1) is 14.6. The second kappa shape index (κ2) is 8.96. The third-order valence-electron chi connectivity index (χ3n) is 5.97. The number of para-hydroxylation sites is 1. The molecule has 0 spiro atoms. The molecule has 5 nitrogen and oxygen atoms in total. The van der Waals surface area contributed by atoms with Gasteiger partial charge in [-0.15, -0.1) is 0 Å². The fraction of sp³-hybridized carbons (Fsp3) is 0.478. The molecule has 3 atom stereocenters. The molecule has 3 amide bonds. The summed E-state index contributed by atoms with van der Waals surface area (Å²) < 4.78 is 43.7. The van der Waals surface area contributed by atoms with Crippen LogP contribution < -0.4 is 4.90 Å². The summed E-state index contributed by atoms with van der Waals surface area (Å²) in [6.07, 6.45) is 2.30. The van der Waals surface area contributed by atoms with Gasteiger partial charge in [-0.25, -0.2) is 4.79 Å². The third-order valence-corrected chi connectivity index (χ3v) is 5.97. The first kappa shape index (κ1) is 23.2. The maximum atomic E-state index is 13.5. The Morgan fingerprint density at radius 2 is 1.94 bits per heavy atom. The summed E-state index contributed by atoms with van der Waals surface area (Å²) in [4.78, 5) is 27.5. The molecule has 1 aromatic carbocycles. The van der Waals surface area contributed by atoms with E-state index in [2.05, 4.69) is 6.92 Å². The minimum Gasteiger partial charge on any atom is -0.375 e. The number of quaternary nitrogens is 1. The summed E-state index contributed by atoms with van der Waals surface area (Å²) in [6, 6.07) is 6.38. The summed E-state index contributed by atoms with van der Waals surface area (Å²) in [5.41, 5.74) is 0.355. The van der Waals surface area contributed by atoms with Gasteiger partial charge in [-0.05, 0) is 36.3 Å². The number of hydrogen-bond donors (Lipinski definition) is 0. The van der Waals surface area contributed by atoms with Crippen LogP contribution in [0.15, 0.2) is 48.3 Å². The molecule has 3 rings (SSSR count). The van der Waals surface area contributed by atoms with Crippen LogP contribution >= 0.6 is 0 Å². The maximum Gasteiger partial charge on any atom is 0.439 e. The highest BCUT2D eigenvalue weighted by Gasteiger charge is 2.46. The average Bonchev–Trinajstić information content (AvgIpc) is 3.13. The monoisotopic (exact) mass is 437 g/mol. The lowest BCUT2D eigenvalue weighted by Crippen LogP contribution is -2.52. The second-order valence-electron chi connectivity index (χ2n) is 8.52. The van der Waals surface area contributed by atoms with Gasteiger partial charge in [0.1, 0.15) is 24.6 Å². The first-order valence-corrected chi connectivity index (χ1v) is 10.4. The van der Waals surface area contributed by atoms with Crippen molar-refractivity contribution in [2.24, 2.45) is 5.92 Å². The van der Waals surface area contributed by atoms with E-state index in [1.165, 1.54) is 14.2 Å². The highest BCUT2D eigenvalue weighted by molar-refractivity contribution is 6.13. The summed E-state index contributed by atoms with van der Waals surface area (Å²) in [5, 5.41) is 0. The van der Waals surface area contributed by atoms with E-state index in [9.17, 15) is 22.8 Å². The van der Waals surface area contributed by atoms with Gasteiger partial charge in [0.25, 0.3) is 5.91 Å². The highest BCUT2D eigenvalue weighted by atomic mass is 19.4. The van der Waals surface area contributed by atoms with E-state index in [0.717, 1.165) is 54.6 Å². The largest absolute Gasteiger partial charge is 0.439 e. The van der Waals surface area contributed by atoms with Gasteiger partial charge in [-0.1, -0.05) is 38.0 Å². The van der Waals surface area contributed by atoms with Gasteiger partial charge in [0.05, 0.1) is 12.7 Å². The standard InChI is InChI=1S/C23H28F3N2O3/c1-16-7-6-8-17(13-16)19-9-4-5-10-20(19)27(21(29)15-31-3)22(30)28(2)12-11-18(14-28)23(24,25)26/h4-5,9-12,14,16-17H,6-8,13,15H2,1-3H3/q+1. The molecule has 1 aliphatic carbocycles. The highest BCUT2D eigenvalue weighted by Crippen LogP contribution is 2.41. The van der Waals surface area contributed by atoms with E-state index < -0.39 is 28.2 Å². The van der Waals surface area contributed by atoms with E-state index in [1.807, 2.05) is 12.1 Å². The maximum absolute atomic E-state index is 13.5. The number of halogens is 3. The fourth-order valence-electron chi connectivity index (χ4n) is 4.40. The Labute approximate surface area is 180 Å². The number of allylic oxidation sites excluding steroid dienone is 2. The van der Waals surface area contributed by atoms with Crippen molar-refractivity contribution < 1.29 is 32.0 Å². The van der Waals surface area contributed by atoms with Crippen molar-refractivity contribution in [2.75, 3.05) is 25.7 Å². The number of urea groups is 1. The van der Waals surface area contributed by atoms with Crippen molar-refractivity contribution >= 4 is 17.6 Å². The Hall–Kier alpha value is -2.45. The van der Waals surface area contributed by atoms with Gasteiger partial charge in [0.15, 0.2) is 0 Å². The molecule has 31 heavy (non-hydrogen) atoms. The van der Waals surface area contributed by atoms with Gasteiger partial charge in [-0.3, -0.25) is 4.79 Å². The summed E-state index contributed by atoms with van der Waals surface area (Å²) in [6.45, 7) is 1.82. The molecule has 0 aromatic heterocycles. The molecule has 0 N–H and O–H groups in total. The number of carbonyl (C=O) groups is 2. The van der Waals surface area contributed by atoms with Crippen LogP contribution in [0.1, 0.15) is 44.1 Å². The predicted molar refractivity (Wildman–Crippen MR) is 111 cm³/mol. The van der Waals surface area contributed by atoms with Gasteiger partial charge in [0, 0.05) is 13.2 Å². The minimum atomic E-state index is -4.58. The lowest BCUT2D eigenvalue weighted by molar-refractivity contribution is -0.714. The fourth-order valence-corrected chi connectivity index (χ4v) is 4.40. The number of benzene rings is 1. The predicted octanol–water partition coefficient (Wildman–Crippen LogP) is 5.50. The number of carbonyl (C=O) groups excluding carboxylic acids is 2. The van der Waals surface area contributed by atoms with Crippen LogP contribution in [-0.2, 0) is 9.53 Å². The minimum absolute atomic E-state index is 0.172. The zero-order valence-corrected chi connectivity index (χ0v) is 18.0. The topological polar surface area (TPSA) is 46.6 Å². The van der Waals surface area contributed by atoms with Crippen molar-refractivity contribution in [3.05, 3.63) is 53.9 Å². The van der Waals surface area contributed by atoms with Crippen molar-refractivity contribution in [3.8, 4) is 0 Å². The van der Waals surface area contributed by atoms with E-state index >= 15 is 0 Å². The van der Waals surface area contributed by atoms with E-state index in [4.69, 9.17) is 4.74 Å². The molecule has 1 heterocycles. The third kappa shape index (κ3) is 4.91. The molecule has 1 aliphatic heterocycles. The Kier molecular flexibility index (Phi) is 6.71. The molecular formula is C23H28F3N2O3+. The van der Waals surface area contributed by atoms with Crippen LogP contribution in [0.2, 0.25) is 0 Å². The first-order valence-electron chi connectivity index (χ1n) is 10.4.